The third-order valence-electron chi connectivity index (χ3n) is 7.29. The lowest BCUT2D eigenvalue weighted by Crippen LogP contribution is -2.50. The summed E-state index contributed by atoms with van der Waals surface area (Å²) in [6, 6.07) is 20.9. The second-order valence-corrected chi connectivity index (χ2v) is 9.91. The van der Waals surface area contributed by atoms with Gasteiger partial charge in [-0.15, -0.1) is 0 Å². The summed E-state index contributed by atoms with van der Waals surface area (Å²) in [6.45, 7) is 2.49. The van der Waals surface area contributed by atoms with Gasteiger partial charge in [-0.05, 0) is 74.6 Å². The molecule has 2 aromatic carbocycles. The van der Waals surface area contributed by atoms with Crippen LogP contribution in [-0.2, 0) is 11.3 Å². The number of benzene rings is 2. The van der Waals surface area contributed by atoms with Crippen LogP contribution in [0.4, 0.5) is 23.0 Å². The first-order chi connectivity index (χ1) is 17.9. The van der Waals surface area contributed by atoms with Crippen molar-refractivity contribution in [2.24, 2.45) is 0 Å². The smallest absolute Gasteiger partial charge is 0.251 e. The third kappa shape index (κ3) is 5.44. The van der Waals surface area contributed by atoms with Crippen LogP contribution in [0.2, 0.25) is 0 Å². The van der Waals surface area contributed by atoms with Gasteiger partial charge >= 0.3 is 0 Å². The second-order valence-electron chi connectivity index (χ2n) is 9.91. The Morgan fingerprint density at radius 2 is 1.70 bits per heavy atom. The van der Waals surface area contributed by atoms with Gasteiger partial charge in [0.05, 0.1) is 11.8 Å². The van der Waals surface area contributed by atoms with E-state index in [1.54, 1.807) is 24.1 Å². The number of amides is 2. The highest BCUT2D eigenvalue weighted by atomic mass is 16.3. The monoisotopic (exact) mass is 499 g/mol. The molecule has 0 saturated heterocycles. The number of aliphatic hydroxyl groups is 1. The molecular weight excluding hydrogens is 466 g/mol. The van der Waals surface area contributed by atoms with E-state index in [1.807, 2.05) is 66.4 Å². The molecule has 2 aliphatic rings. The van der Waals surface area contributed by atoms with Gasteiger partial charge in [-0.2, -0.15) is 0 Å². The van der Waals surface area contributed by atoms with E-state index in [4.69, 9.17) is 4.98 Å². The normalized spacial score (nSPS) is 21.4. The van der Waals surface area contributed by atoms with Crippen molar-refractivity contribution in [2.75, 3.05) is 22.2 Å². The molecule has 1 aromatic heterocycles. The highest BCUT2D eigenvalue weighted by Gasteiger charge is 2.34. The van der Waals surface area contributed by atoms with Crippen molar-refractivity contribution in [3.63, 3.8) is 0 Å². The average molecular weight is 500 g/mol. The quantitative estimate of drug-likeness (QED) is 0.470. The topological polar surface area (TPSA) is 97.8 Å². The van der Waals surface area contributed by atoms with E-state index in [-0.39, 0.29) is 30.0 Å². The van der Waals surface area contributed by atoms with Gasteiger partial charge in [-0.25, -0.2) is 4.98 Å². The summed E-state index contributed by atoms with van der Waals surface area (Å²) >= 11 is 0. The Morgan fingerprint density at radius 1 is 1.00 bits per heavy atom. The molecule has 3 N–H and O–H groups in total. The Balaban J connectivity index is 1.31. The predicted octanol–water partition coefficient (Wildman–Crippen LogP) is 4.23. The van der Waals surface area contributed by atoms with Gasteiger partial charge < -0.3 is 25.5 Å². The molecule has 3 aromatic rings. The van der Waals surface area contributed by atoms with E-state index < -0.39 is 0 Å². The van der Waals surface area contributed by atoms with Crippen molar-refractivity contribution < 1.29 is 14.7 Å². The van der Waals surface area contributed by atoms with E-state index in [0.717, 1.165) is 48.4 Å². The van der Waals surface area contributed by atoms with Crippen molar-refractivity contribution in [2.45, 2.75) is 57.3 Å². The fraction of sp³-hybridized carbons (Fsp3) is 0.345. The number of likely N-dealkylation sites (N-methyl/N-ethyl adjacent to an activating group) is 1. The molecule has 1 aliphatic carbocycles. The van der Waals surface area contributed by atoms with Crippen LogP contribution in [0.15, 0.2) is 66.7 Å². The molecule has 0 spiro atoms. The molecule has 2 amide bonds. The molecule has 2 heterocycles. The first-order valence-electron chi connectivity index (χ1n) is 12.8. The zero-order valence-corrected chi connectivity index (χ0v) is 21.2. The summed E-state index contributed by atoms with van der Waals surface area (Å²) in [6.07, 6.45) is 2.82. The number of fused-ring (bicyclic) bond motifs is 1. The third-order valence-corrected chi connectivity index (χ3v) is 7.29. The van der Waals surface area contributed by atoms with E-state index in [1.165, 1.54) is 0 Å². The molecule has 5 rings (SSSR count). The Kier molecular flexibility index (Phi) is 7.10. The fourth-order valence-corrected chi connectivity index (χ4v) is 5.03. The van der Waals surface area contributed by atoms with Crippen molar-refractivity contribution in [1.82, 2.24) is 10.3 Å². The second kappa shape index (κ2) is 10.6. The lowest BCUT2D eigenvalue weighted by atomic mass is 9.93. The molecule has 0 radical (unpaired) electrons. The molecule has 1 aliphatic heterocycles. The number of rotatable bonds is 6. The number of hydrogen-bond acceptors (Lipinski definition) is 6. The molecule has 37 heavy (non-hydrogen) atoms. The number of aromatic nitrogens is 1. The largest absolute Gasteiger partial charge is 0.393 e. The Hall–Kier alpha value is -3.91. The molecule has 1 saturated carbocycles. The molecule has 192 valence electrons. The minimum Gasteiger partial charge on any atom is -0.393 e. The molecule has 0 unspecified atom stereocenters. The minimum absolute atomic E-state index is 0.0317. The maximum absolute atomic E-state index is 12.9. The van der Waals surface area contributed by atoms with E-state index >= 15 is 0 Å². The first kappa shape index (κ1) is 24.8. The zero-order valence-electron chi connectivity index (χ0n) is 21.2. The Bertz CT molecular complexity index is 1260. The number of carbonyl (C=O) groups is 2. The van der Waals surface area contributed by atoms with Crippen molar-refractivity contribution in [1.29, 1.82) is 0 Å². The molecule has 8 nitrogen and oxygen atoms in total. The lowest BCUT2D eigenvalue weighted by molar-refractivity contribution is -0.119. The molecule has 0 bridgehead atoms. The number of carbonyl (C=O) groups excluding carboxylic acids is 2. The molecule has 1 atom stereocenters. The van der Waals surface area contributed by atoms with Crippen molar-refractivity contribution >= 4 is 34.8 Å². The summed E-state index contributed by atoms with van der Waals surface area (Å²) < 4.78 is 0. The van der Waals surface area contributed by atoms with Gasteiger partial charge in [-0.3, -0.25) is 9.59 Å². The number of hydrogen-bond donors (Lipinski definition) is 3. The van der Waals surface area contributed by atoms with E-state index in [2.05, 4.69) is 10.6 Å². The van der Waals surface area contributed by atoms with Crippen molar-refractivity contribution in [3.8, 4) is 0 Å². The summed E-state index contributed by atoms with van der Waals surface area (Å²) in [5, 5.41) is 16.1. The number of nitrogens with one attached hydrogen (secondary N) is 2. The van der Waals surface area contributed by atoms with Crippen LogP contribution in [0.1, 0.15) is 48.5 Å². The average Bonchev–Trinajstić information content (AvgIpc) is 2.92. The van der Waals surface area contributed by atoms with Gasteiger partial charge in [-0.1, -0.05) is 30.3 Å². The van der Waals surface area contributed by atoms with Crippen LogP contribution in [0.3, 0.4) is 0 Å². The van der Waals surface area contributed by atoms with E-state index in [9.17, 15) is 14.7 Å². The predicted molar refractivity (Wildman–Crippen MR) is 145 cm³/mol. The number of aliphatic hydroxyl groups excluding tert-OH is 1. The molecular formula is C29H33N5O3. The maximum Gasteiger partial charge on any atom is 0.251 e. The highest BCUT2D eigenvalue weighted by molar-refractivity contribution is 6.04. The standard InChI is InChI=1S/C29H33N5O3/c1-19-29(37)33(2)25-16-17-26(32-27(25)34(19)18-20-6-4-3-5-7-20)30-22-10-8-21(9-11-22)28(36)31-23-12-14-24(35)15-13-23/h3-11,16-17,19,23-24,35H,12-15,18H2,1-2H3,(H,30,32)(H,31,36)/t19-,23?,24?/m1/s1. The first-order valence-corrected chi connectivity index (χ1v) is 12.8. The summed E-state index contributed by atoms with van der Waals surface area (Å²) in [7, 11) is 1.78. The maximum atomic E-state index is 12.9. The van der Waals surface area contributed by atoms with Crippen LogP contribution in [0.25, 0.3) is 0 Å². The zero-order chi connectivity index (χ0) is 25.9. The van der Waals surface area contributed by atoms with Gasteiger partial charge in [0.25, 0.3) is 5.91 Å². The minimum atomic E-state index is -0.342. The SMILES string of the molecule is C[C@@H]1C(=O)N(C)c2ccc(Nc3ccc(C(=O)NC4CCC(O)CC4)cc3)nc2N1Cc1ccccc1. The summed E-state index contributed by atoms with van der Waals surface area (Å²) in [4.78, 5) is 34.1. The van der Waals surface area contributed by atoms with Crippen LogP contribution in [-0.4, -0.2) is 47.1 Å². The van der Waals surface area contributed by atoms with Gasteiger partial charge in [0.15, 0.2) is 5.82 Å². The van der Waals surface area contributed by atoms with E-state index in [0.29, 0.717) is 17.9 Å². The Labute approximate surface area is 217 Å². The van der Waals surface area contributed by atoms with Gasteiger partial charge in [0.2, 0.25) is 5.91 Å². The Morgan fingerprint density at radius 3 is 2.41 bits per heavy atom. The van der Waals surface area contributed by atoms with Crippen LogP contribution < -0.4 is 20.4 Å². The summed E-state index contributed by atoms with van der Waals surface area (Å²) in [5.41, 5.74) is 3.29. The number of pyridine rings is 1. The lowest BCUT2D eigenvalue weighted by Gasteiger charge is -2.39. The van der Waals surface area contributed by atoms with Crippen LogP contribution in [0, 0.1) is 0 Å². The van der Waals surface area contributed by atoms with Gasteiger partial charge in [0, 0.05) is 30.9 Å². The molecule has 1 fully saturated rings. The van der Waals surface area contributed by atoms with Crippen LogP contribution >= 0.6 is 0 Å². The fourth-order valence-electron chi connectivity index (χ4n) is 5.03. The van der Waals surface area contributed by atoms with Crippen molar-refractivity contribution in [3.05, 3.63) is 77.9 Å². The number of nitrogens with zero attached hydrogens (tertiary/aromatic N) is 3. The van der Waals surface area contributed by atoms with Crippen LogP contribution in [0.5, 0.6) is 0 Å². The van der Waals surface area contributed by atoms with Gasteiger partial charge in [0.1, 0.15) is 11.9 Å². The number of anilines is 4. The highest BCUT2D eigenvalue weighted by Crippen LogP contribution is 2.36. The molecule has 8 heteroatoms. The summed E-state index contributed by atoms with van der Waals surface area (Å²) in [5.74, 6) is 1.34.